The molecule has 1 unspecified atom stereocenters. The molecule has 0 N–H and O–H groups in total. The lowest BCUT2D eigenvalue weighted by Gasteiger charge is -2.46. The Morgan fingerprint density at radius 3 is 2.37 bits per heavy atom. The van der Waals surface area contributed by atoms with Gasteiger partial charge in [0, 0.05) is 16.8 Å². The number of aliphatic imine (C=N–C) groups is 1. The molecule has 1 atom stereocenters. The van der Waals surface area contributed by atoms with Crippen LogP contribution in [0.15, 0.2) is 96.0 Å². The van der Waals surface area contributed by atoms with E-state index < -0.39 is 5.72 Å². The maximum Gasteiger partial charge on any atom is 0.233 e. The van der Waals surface area contributed by atoms with Gasteiger partial charge in [-0.25, -0.2) is 0 Å². The predicted molar refractivity (Wildman–Crippen MR) is 124 cm³/mol. The first kappa shape index (κ1) is 17.3. The SMILES string of the molecule is CC1(C)c2ccccc2N(c2ccccc2)C12C=Nc1c(ccc3ccccc13)O2. The van der Waals surface area contributed by atoms with Gasteiger partial charge in [0.1, 0.15) is 11.4 Å². The Balaban J connectivity index is 1.61. The summed E-state index contributed by atoms with van der Waals surface area (Å²) in [6.45, 7) is 4.49. The van der Waals surface area contributed by atoms with E-state index in [9.17, 15) is 0 Å². The number of ether oxygens (including phenoxy) is 1. The van der Waals surface area contributed by atoms with Gasteiger partial charge in [0.15, 0.2) is 0 Å². The summed E-state index contributed by atoms with van der Waals surface area (Å²) in [6, 6.07) is 31.5. The summed E-state index contributed by atoms with van der Waals surface area (Å²) in [4.78, 5) is 7.31. The number of hydrogen-bond acceptors (Lipinski definition) is 3. The molecule has 0 aromatic heterocycles. The summed E-state index contributed by atoms with van der Waals surface area (Å²) in [7, 11) is 0. The molecule has 3 nitrogen and oxygen atoms in total. The molecule has 0 saturated heterocycles. The maximum absolute atomic E-state index is 6.93. The number of para-hydroxylation sites is 2. The number of benzene rings is 4. The second-order valence-corrected chi connectivity index (χ2v) is 8.50. The zero-order valence-corrected chi connectivity index (χ0v) is 17.0. The van der Waals surface area contributed by atoms with Crippen molar-refractivity contribution in [3.8, 4) is 5.75 Å². The second kappa shape index (κ2) is 5.96. The molecule has 0 radical (unpaired) electrons. The van der Waals surface area contributed by atoms with E-state index in [1.54, 1.807) is 0 Å². The molecule has 2 aliphatic heterocycles. The molecule has 0 fully saturated rings. The van der Waals surface area contributed by atoms with Crippen molar-refractivity contribution in [3.63, 3.8) is 0 Å². The van der Waals surface area contributed by atoms with E-state index in [4.69, 9.17) is 9.73 Å². The minimum Gasteiger partial charge on any atom is -0.459 e. The standard InChI is InChI=1S/C27H22N2O/c1-26(2)22-14-8-9-15-23(22)29(20-11-4-3-5-12-20)27(26)18-28-25-21-13-7-6-10-19(21)16-17-24(25)30-27/h3-18H,1-2H3. The van der Waals surface area contributed by atoms with Crippen LogP contribution in [0.1, 0.15) is 19.4 Å². The van der Waals surface area contributed by atoms with E-state index in [1.807, 2.05) is 18.3 Å². The fraction of sp³-hybridized carbons (Fsp3) is 0.148. The molecule has 1 spiro atoms. The monoisotopic (exact) mass is 390 g/mol. The molecule has 2 heterocycles. The van der Waals surface area contributed by atoms with Crippen molar-refractivity contribution in [2.75, 3.05) is 4.90 Å². The summed E-state index contributed by atoms with van der Waals surface area (Å²) in [6.07, 6.45) is 2.01. The van der Waals surface area contributed by atoms with Crippen molar-refractivity contribution < 1.29 is 4.74 Å². The van der Waals surface area contributed by atoms with Crippen LogP contribution in [0.3, 0.4) is 0 Å². The Morgan fingerprint density at radius 2 is 1.50 bits per heavy atom. The van der Waals surface area contributed by atoms with Crippen LogP contribution in [0, 0.1) is 0 Å². The number of fused-ring (bicyclic) bond motifs is 4. The fourth-order valence-corrected chi connectivity index (χ4v) is 4.95. The zero-order valence-electron chi connectivity index (χ0n) is 17.0. The van der Waals surface area contributed by atoms with Crippen LogP contribution < -0.4 is 9.64 Å². The van der Waals surface area contributed by atoms with Crippen LogP contribution in [0.4, 0.5) is 17.1 Å². The molecule has 0 bridgehead atoms. The van der Waals surface area contributed by atoms with Crippen LogP contribution in [-0.2, 0) is 5.41 Å². The van der Waals surface area contributed by atoms with E-state index in [0.29, 0.717) is 0 Å². The minimum absolute atomic E-state index is 0.313. The third-order valence-electron chi connectivity index (χ3n) is 6.56. The van der Waals surface area contributed by atoms with Crippen LogP contribution in [-0.4, -0.2) is 11.9 Å². The van der Waals surface area contributed by atoms with Gasteiger partial charge in [-0.3, -0.25) is 9.89 Å². The van der Waals surface area contributed by atoms with E-state index in [2.05, 4.69) is 97.6 Å². The third kappa shape index (κ3) is 2.12. The third-order valence-corrected chi connectivity index (χ3v) is 6.56. The van der Waals surface area contributed by atoms with Crippen molar-refractivity contribution in [1.29, 1.82) is 0 Å². The minimum atomic E-state index is -0.756. The predicted octanol–water partition coefficient (Wildman–Crippen LogP) is 6.76. The summed E-state index contributed by atoms with van der Waals surface area (Å²) >= 11 is 0. The number of nitrogens with zero attached hydrogens (tertiary/aromatic N) is 2. The lowest BCUT2D eigenvalue weighted by Crippen LogP contribution is -2.60. The summed E-state index contributed by atoms with van der Waals surface area (Å²) in [5, 5.41) is 2.28. The van der Waals surface area contributed by atoms with Crippen molar-refractivity contribution in [2.24, 2.45) is 4.99 Å². The van der Waals surface area contributed by atoms with Crippen molar-refractivity contribution >= 4 is 34.0 Å². The Labute approximate surface area is 176 Å². The lowest BCUT2D eigenvalue weighted by molar-refractivity contribution is 0.0875. The quantitative estimate of drug-likeness (QED) is 0.359. The van der Waals surface area contributed by atoms with E-state index >= 15 is 0 Å². The summed E-state index contributed by atoms with van der Waals surface area (Å²) in [5.74, 6) is 0.818. The normalized spacial score (nSPS) is 20.8. The molecule has 2 aliphatic rings. The molecule has 0 amide bonds. The first-order valence-corrected chi connectivity index (χ1v) is 10.3. The number of hydrogen-bond donors (Lipinski definition) is 0. The smallest absolute Gasteiger partial charge is 0.233 e. The Kier molecular flexibility index (Phi) is 3.43. The zero-order chi connectivity index (χ0) is 20.3. The van der Waals surface area contributed by atoms with Gasteiger partial charge in [0.05, 0.1) is 11.6 Å². The van der Waals surface area contributed by atoms with Crippen LogP contribution >= 0.6 is 0 Å². The van der Waals surface area contributed by atoms with Crippen LogP contribution in [0.25, 0.3) is 10.8 Å². The topological polar surface area (TPSA) is 24.8 Å². The lowest BCUT2D eigenvalue weighted by atomic mass is 9.77. The molecule has 30 heavy (non-hydrogen) atoms. The van der Waals surface area contributed by atoms with Crippen LogP contribution in [0.2, 0.25) is 0 Å². The molecule has 0 saturated carbocycles. The van der Waals surface area contributed by atoms with Gasteiger partial charge >= 0.3 is 0 Å². The molecule has 0 aliphatic carbocycles. The van der Waals surface area contributed by atoms with Crippen LogP contribution in [0.5, 0.6) is 5.75 Å². The fourth-order valence-electron chi connectivity index (χ4n) is 4.95. The van der Waals surface area contributed by atoms with E-state index in [1.165, 1.54) is 10.9 Å². The Bertz CT molecular complexity index is 1310. The molecule has 4 aromatic carbocycles. The first-order valence-electron chi connectivity index (χ1n) is 10.3. The average Bonchev–Trinajstić information content (AvgIpc) is 2.97. The number of rotatable bonds is 1. The van der Waals surface area contributed by atoms with Gasteiger partial charge in [-0.15, -0.1) is 0 Å². The van der Waals surface area contributed by atoms with Gasteiger partial charge in [-0.05, 0) is 49.1 Å². The van der Waals surface area contributed by atoms with Gasteiger partial charge in [0.25, 0.3) is 0 Å². The van der Waals surface area contributed by atoms with Crippen molar-refractivity contribution in [3.05, 3.63) is 96.6 Å². The molecular formula is C27H22N2O. The first-order chi connectivity index (χ1) is 14.6. The van der Waals surface area contributed by atoms with Gasteiger partial charge in [-0.1, -0.05) is 66.7 Å². The highest BCUT2D eigenvalue weighted by Crippen LogP contribution is 2.57. The van der Waals surface area contributed by atoms with E-state index in [-0.39, 0.29) is 5.41 Å². The van der Waals surface area contributed by atoms with Crippen molar-refractivity contribution in [2.45, 2.75) is 25.0 Å². The Morgan fingerprint density at radius 1 is 0.767 bits per heavy atom. The van der Waals surface area contributed by atoms with Gasteiger partial charge < -0.3 is 4.74 Å². The summed E-state index contributed by atoms with van der Waals surface area (Å²) in [5.41, 5.74) is 3.33. The highest BCUT2D eigenvalue weighted by atomic mass is 16.5. The van der Waals surface area contributed by atoms with Gasteiger partial charge in [-0.2, -0.15) is 0 Å². The molecule has 146 valence electrons. The van der Waals surface area contributed by atoms with E-state index in [0.717, 1.165) is 28.2 Å². The average molecular weight is 390 g/mol. The highest BCUT2D eigenvalue weighted by Gasteiger charge is 2.60. The number of anilines is 2. The maximum atomic E-state index is 6.93. The van der Waals surface area contributed by atoms with Crippen molar-refractivity contribution in [1.82, 2.24) is 0 Å². The Hall–Kier alpha value is -3.59. The molecule has 4 aromatic rings. The molecule has 3 heteroatoms. The highest BCUT2D eigenvalue weighted by molar-refractivity contribution is 6.00. The largest absolute Gasteiger partial charge is 0.459 e. The second-order valence-electron chi connectivity index (χ2n) is 8.50. The molecule has 6 rings (SSSR count). The summed E-state index contributed by atoms with van der Waals surface area (Å²) < 4.78 is 6.93. The van der Waals surface area contributed by atoms with Gasteiger partial charge in [0.2, 0.25) is 5.72 Å². The molecular weight excluding hydrogens is 368 g/mol.